The number of hydrogen-bond donors (Lipinski definition) is 1. The molecule has 1 fully saturated rings. The molecule has 0 radical (unpaired) electrons. The number of hydrogen-bond acceptors (Lipinski definition) is 8. The predicted molar refractivity (Wildman–Crippen MR) is 171 cm³/mol. The summed E-state index contributed by atoms with van der Waals surface area (Å²) in [5.41, 5.74) is -2.18. The van der Waals surface area contributed by atoms with E-state index in [1.54, 1.807) is 19.9 Å². The SMILES string of the molecule is C=CC(=O)N1CC2CS(=O)(=O)c3c(F)c(-c4c(O)ccc(F)c4F)c(Cl)c4c3c(nc(=O)n4-c3c(C)ccnc3C(C)C)N2CC1C. The van der Waals surface area contributed by atoms with Gasteiger partial charge in [0.1, 0.15) is 16.5 Å². The van der Waals surface area contributed by atoms with E-state index in [1.807, 2.05) is 13.8 Å². The van der Waals surface area contributed by atoms with Crippen LogP contribution in [0.1, 0.15) is 37.9 Å². The summed E-state index contributed by atoms with van der Waals surface area (Å²) in [6.07, 6.45) is 2.62. The van der Waals surface area contributed by atoms with Crippen LogP contribution in [0.2, 0.25) is 5.02 Å². The van der Waals surface area contributed by atoms with Gasteiger partial charge in [0.05, 0.1) is 44.7 Å². The minimum atomic E-state index is -4.70. The highest BCUT2D eigenvalue weighted by Gasteiger charge is 2.45. The number of nitrogens with zero attached hydrogens (tertiary/aromatic N) is 5. The fraction of sp³-hybridized carbons (Fsp3) is 0.312. The second-order valence-corrected chi connectivity index (χ2v) is 14.4. The molecule has 2 aromatic heterocycles. The Hall–Kier alpha value is -4.43. The first kappa shape index (κ1) is 32.5. The summed E-state index contributed by atoms with van der Waals surface area (Å²) in [7, 11) is -4.70. The van der Waals surface area contributed by atoms with E-state index in [-0.39, 0.29) is 41.4 Å². The van der Waals surface area contributed by atoms with Gasteiger partial charge in [0, 0.05) is 30.9 Å². The summed E-state index contributed by atoms with van der Waals surface area (Å²) in [4.78, 5) is 37.7. The molecule has 47 heavy (non-hydrogen) atoms. The number of benzene rings is 2. The fourth-order valence-electron chi connectivity index (χ4n) is 6.56. The first-order chi connectivity index (χ1) is 22.1. The number of fused-ring (bicyclic) bond motifs is 2. The molecule has 4 heterocycles. The Balaban J connectivity index is 1.85. The van der Waals surface area contributed by atoms with Crippen molar-refractivity contribution >= 4 is 44.1 Å². The number of aromatic hydroxyl groups is 1. The van der Waals surface area contributed by atoms with Crippen LogP contribution in [-0.2, 0) is 14.6 Å². The summed E-state index contributed by atoms with van der Waals surface area (Å²) in [6.45, 7) is 10.4. The minimum absolute atomic E-state index is 0.00816. The first-order valence-corrected chi connectivity index (χ1v) is 16.7. The van der Waals surface area contributed by atoms with Crippen molar-refractivity contribution in [3.63, 3.8) is 0 Å². The molecule has 0 aliphatic carbocycles. The molecule has 1 saturated heterocycles. The van der Waals surface area contributed by atoms with Crippen molar-refractivity contribution in [3.05, 3.63) is 81.3 Å². The highest BCUT2D eigenvalue weighted by atomic mass is 35.5. The van der Waals surface area contributed by atoms with Gasteiger partial charge in [0.15, 0.2) is 27.3 Å². The molecule has 6 rings (SSSR count). The highest BCUT2D eigenvalue weighted by Crippen LogP contribution is 2.49. The number of anilines is 1. The molecule has 0 saturated carbocycles. The number of piperazine rings is 1. The van der Waals surface area contributed by atoms with E-state index in [1.165, 1.54) is 16.0 Å². The van der Waals surface area contributed by atoms with Crippen LogP contribution in [0, 0.1) is 24.4 Å². The Bertz CT molecular complexity index is 2210. The lowest BCUT2D eigenvalue weighted by atomic mass is 9.99. The number of phenols is 1. The van der Waals surface area contributed by atoms with Crippen molar-refractivity contribution in [3.8, 4) is 22.6 Å². The van der Waals surface area contributed by atoms with Gasteiger partial charge in [-0.3, -0.25) is 14.3 Å². The number of pyridine rings is 1. The number of carbonyl (C=O) groups excluding carboxylic acids is 1. The van der Waals surface area contributed by atoms with Crippen molar-refractivity contribution in [2.24, 2.45) is 0 Å². The van der Waals surface area contributed by atoms with Gasteiger partial charge in [0.25, 0.3) is 0 Å². The maximum absolute atomic E-state index is 17.0. The maximum Gasteiger partial charge on any atom is 0.354 e. The first-order valence-electron chi connectivity index (χ1n) is 14.6. The van der Waals surface area contributed by atoms with E-state index >= 15 is 8.78 Å². The molecule has 1 amide bonds. The molecule has 0 bridgehead atoms. The molecule has 246 valence electrons. The van der Waals surface area contributed by atoms with Gasteiger partial charge in [-0.2, -0.15) is 4.98 Å². The lowest BCUT2D eigenvalue weighted by Gasteiger charge is -2.44. The molecule has 0 spiro atoms. The average Bonchev–Trinajstić information content (AvgIpc) is 3.09. The molecule has 4 aromatic rings. The van der Waals surface area contributed by atoms with E-state index in [0.29, 0.717) is 17.3 Å². The third-order valence-corrected chi connectivity index (χ3v) is 10.9. The van der Waals surface area contributed by atoms with E-state index in [0.717, 1.165) is 16.7 Å². The van der Waals surface area contributed by atoms with E-state index < -0.39 is 83.5 Å². The summed E-state index contributed by atoms with van der Waals surface area (Å²) in [5.74, 6) is -7.30. The van der Waals surface area contributed by atoms with Crippen molar-refractivity contribution in [2.75, 3.05) is 23.7 Å². The maximum atomic E-state index is 17.0. The van der Waals surface area contributed by atoms with Crippen LogP contribution >= 0.6 is 11.6 Å². The predicted octanol–water partition coefficient (Wildman–Crippen LogP) is 5.03. The number of carbonyl (C=O) groups is 1. The molecule has 2 unspecified atom stereocenters. The highest BCUT2D eigenvalue weighted by molar-refractivity contribution is 7.91. The van der Waals surface area contributed by atoms with Gasteiger partial charge < -0.3 is 14.9 Å². The van der Waals surface area contributed by atoms with Gasteiger partial charge in [-0.25, -0.2) is 26.4 Å². The standard InChI is InChI=1S/C32H29ClF3N5O5S/c1-6-20(43)39-12-17-13-47(45,46)30-23-29(24(33)22(26(30)36)21-19(42)8-7-18(34)25(21)35)41(28-15(4)9-10-37-27(28)14(2)3)32(44)38-31(23)40(17)11-16(39)5/h6-10,14,16-17,42H,1,11-13H2,2-5H3. The molecule has 10 nitrogen and oxygen atoms in total. The van der Waals surface area contributed by atoms with Gasteiger partial charge in [-0.05, 0) is 49.6 Å². The Morgan fingerprint density at radius 2 is 1.85 bits per heavy atom. The molecular weight excluding hydrogens is 659 g/mol. The van der Waals surface area contributed by atoms with E-state index in [2.05, 4.69) is 16.5 Å². The van der Waals surface area contributed by atoms with Crippen molar-refractivity contribution in [2.45, 2.75) is 50.6 Å². The third-order valence-electron chi connectivity index (χ3n) is 8.69. The van der Waals surface area contributed by atoms with Gasteiger partial charge in [-0.15, -0.1) is 0 Å². The zero-order valence-electron chi connectivity index (χ0n) is 25.7. The number of halogens is 4. The number of aromatic nitrogens is 3. The van der Waals surface area contributed by atoms with Crippen LogP contribution in [0.3, 0.4) is 0 Å². The lowest BCUT2D eigenvalue weighted by Crippen LogP contribution is -2.60. The zero-order valence-corrected chi connectivity index (χ0v) is 27.3. The molecule has 2 aliphatic rings. The average molecular weight is 688 g/mol. The zero-order chi connectivity index (χ0) is 34.3. The molecular formula is C32H29ClF3N5O5S. The topological polar surface area (TPSA) is 126 Å². The third kappa shape index (κ3) is 4.87. The van der Waals surface area contributed by atoms with E-state index in [4.69, 9.17) is 11.6 Å². The Kier molecular flexibility index (Phi) is 7.87. The molecule has 2 aliphatic heterocycles. The quantitative estimate of drug-likeness (QED) is 0.296. The smallest absolute Gasteiger partial charge is 0.354 e. The van der Waals surface area contributed by atoms with Crippen LogP contribution in [0.4, 0.5) is 19.0 Å². The number of rotatable bonds is 4. The van der Waals surface area contributed by atoms with Crippen LogP contribution in [0.25, 0.3) is 27.7 Å². The number of amides is 1. The fourth-order valence-corrected chi connectivity index (χ4v) is 8.74. The molecule has 2 atom stereocenters. The minimum Gasteiger partial charge on any atom is -0.507 e. The van der Waals surface area contributed by atoms with Crippen molar-refractivity contribution in [1.29, 1.82) is 0 Å². The van der Waals surface area contributed by atoms with Crippen LogP contribution in [0.5, 0.6) is 5.75 Å². The Morgan fingerprint density at radius 1 is 1.15 bits per heavy atom. The monoisotopic (exact) mass is 687 g/mol. The Morgan fingerprint density at radius 3 is 2.51 bits per heavy atom. The number of phenolic OH excluding ortho intramolecular Hbond substituents is 1. The lowest BCUT2D eigenvalue weighted by molar-refractivity contribution is -0.128. The van der Waals surface area contributed by atoms with Gasteiger partial charge >= 0.3 is 5.69 Å². The largest absolute Gasteiger partial charge is 0.507 e. The van der Waals surface area contributed by atoms with Crippen LogP contribution in [-0.4, -0.2) is 69.8 Å². The molecule has 2 aromatic carbocycles. The van der Waals surface area contributed by atoms with Crippen molar-refractivity contribution in [1.82, 2.24) is 19.4 Å². The van der Waals surface area contributed by atoms with Gasteiger partial charge in [-0.1, -0.05) is 32.0 Å². The van der Waals surface area contributed by atoms with Gasteiger partial charge in [0.2, 0.25) is 5.91 Å². The van der Waals surface area contributed by atoms with Crippen molar-refractivity contribution < 1.29 is 31.5 Å². The second-order valence-electron chi connectivity index (χ2n) is 12.0. The molecule has 1 N–H and O–H groups in total. The normalized spacial score (nSPS) is 18.7. The second kappa shape index (κ2) is 11.4. The van der Waals surface area contributed by atoms with E-state index in [9.17, 15) is 27.5 Å². The Labute approximate surface area is 272 Å². The molecule has 15 heteroatoms. The summed E-state index contributed by atoms with van der Waals surface area (Å²) >= 11 is 6.92. The summed E-state index contributed by atoms with van der Waals surface area (Å²) in [5, 5.41) is 9.66. The summed E-state index contributed by atoms with van der Waals surface area (Å²) < 4.78 is 76.6. The summed E-state index contributed by atoms with van der Waals surface area (Å²) in [6, 6.07) is 1.50. The van der Waals surface area contributed by atoms with Crippen LogP contribution < -0.4 is 10.6 Å². The van der Waals surface area contributed by atoms with Crippen LogP contribution in [0.15, 0.2) is 46.7 Å². The number of aryl methyl sites for hydroxylation is 1. The number of sulfone groups is 1.